The van der Waals surface area contributed by atoms with Gasteiger partial charge in [0.15, 0.2) is 0 Å². The molecule has 1 saturated heterocycles. The van der Waals surface area contributed by atoms with Crippen LogP contribution >= 0.6 is 0 Å². The van der Waals surface area contributed by atoms with Crippen molar-refractivity contribution in [3.8, 4) is 0 Å². The molecule has 0 atom stereocenters. The second kappa shape index (κ2) is 7.51. The minimum Gasteiger partial charge on any atom is -0.322 e. The molecule has 138 valence electrons. The maximum absolute atomic E-state index is 13.6. The van der Waals surface area contributed by atoms with E-state index < -0.39 is 33.1 Å². The third kappa shape index (κ3) is 3.91. The molecule has 2 aromatic carbocycles. The molecule has 1 fully saturated rings. The second-order valence-corrected chi connectivity index (χ2v) is 8.01. The summed E-state index contributed by atoms with van der Waals surface area (Å²) in [5.74, 6) is -2.37. The summed E-state index contributed by atoms with van der Waals surface area (Å²) in [7, 11) is -3.56. The van der Waals surface area contributed by atoms with Crippen LogP contribution in [0.15, 0.2) is 47.4 Å². The molecular weight excluding hydrogens is 362 g/mol. The number of nitrogens with zero attached hydrogens (tertiary/aromatic N) is 1. The van der Waals surface area contributed by atoms with E-state index in [9.17, 15) is 22.0 Å². The number of hydrogen-bond donors (Lipinski definition) is 1. The van der Waals surface area contributed by atoms with Gasteiger partial charge < -0.3 is 5.32 Å². The van der Waals surface area contributed by atoms with E-state index in [4.69, 9.17) is 0 Å². The van der Waals surface area contributed by atoms with Crippen molar-refractivity contribution in [2.24, 2.45) is 0 Å². The molecule has 1 N–H and O–H groups in total. The first-order valence-corrected chi connectivity index (χ1v) is 9.68. The van der Waals surface area contributed by atoms with E-state index in [-0.39, 0.29) is 10.6 Å². The van der Waals surface area contributed by atoms with Crippen molar-refractivity contribution in [3.05, 3.63) is 59.7 Å². The van der Waals surface area contributed by atoms with Gasteiger partial charge in [-0.3, -0.25) is 4.79 Å². The van der Waals surface area contributed by atoms with Gasteiger partial charge in [-0.25, -0.2) is 17.2 Å². The maximum Gasteiger partial charge on any atom is 0.258 e. The van der Waals surface area contributed by atoms with Gasteiger partial charge in [0.1, 0.15) is 11.6 Å². The van der Waals surface area contributed by atoms with Crippen molar-refractivity contribution in [1.82, 2.24) is 4.31 Å². The minimum atomic E-state index is -3.56. The molecule has 1 heterocycles. The van der Waals surface area contributed by atoms with Crippen LogP contribution in [0.25, 0.3) is 0 Å². The number of amides is 1. The van der Waals surface area contributed by atoms with Gasteiger partial charge >= 0.3 is 0 Å². The van der Waals surface area contributed by atoms with E-state index in [1.54, 1.807) is 0 Å². The van der Waals surface area contributed by atoms with Crippen molar-refractivity contribution in [3.63, 3.8) is 0 Å². The van der Waals surface area contributed by atoms with E-state index in [1.807, 2.05) is 0 Å². The van der Waals surface area contributed by atoms with Crippen molar-refractivity contribution in [2.75, 3.05) is 18.4 Å². The number of sulfonamides is 1. The van der Waals surface area contributed by atoms with E-state index in [2.05, 4.69) is 5.32 Å². The Kier molecular flexibility index (Phi) is 5.33. The molecule has 0 aliphatic carbocycles. The van der Waals surface area contributed by atoms with Crippen LogP contribution in [0.5, 0.6) is 0 Å². The summed E-state index contributed by atoms with van der Waals surface area (Å²) in [5, 5.41) is 2.43. The predicted octanol–water partition coefficient (Wildman–Crippen LogP) is 3.39. The van der Waals surface area contributed by atoms with E-state index in [1.165, 1.54) is 28.6 Å². The van der Waals surface area contributed by atoms with Gasteiger partial charge in [-0.1, -0.05) is 6.42 Å². The Labute approximate surface area is 150 Å². The topological polar surface area (TPSA) is 66.5 Å². The molecule has 0 radical (unpaired) electrons. The molecule has 26 heavy (non-hydrogen) atoms. The van der Waals surface area contributed by atoms with E-state index in [0.717, 1.165) is 37.5 Å². The van der Waals surface area contributed by atoms with E-state index >= 15 is 0 Å². The second-order valence-electron chi connectivity index (χ2n) is 6.07. The molecule has 0 unspecified atom stereocenters. The maximum atomic E-state index is 13.6. The highest BCUT2D eigenvalue weighted by atomic mass is 32.2. The van der Waals surface area contributed by atoms with Gasteiger partial charge in [-0.2, -0.15) is 4.31 Å². The van der Waals surface area contributed by atoms with Crippen LogP contribution in [-0.4, -0.2) is 31.7 Å². The third-order valence-corrected chi connectivity index (χ3v) is 6.15. The van der Waals surface area contributed by atoms with Crippen molar-refractivity contribution < 1.29 is 22.0 Å². The van der Waals surface area contributed by atoms with E-state index in [0.29, 0.717) is 13.1 Å². The summed E-state index contributed by atoms with van der Waals surface area (Å²) in [6.45, 7) is 0.999. The molecule has 5 nitrogen and oxygen atoms in total. The highest BCUT2D eigenvalue weighted by Crippen LogP contribution is 2.22. The molecule has 3 rings (SSSR count). The molecule has 1 aliphatic heterocycles. The SMILES string of the molecule is O=C(Nc1ccc(S(=O)(=O)N2CCCCC2)cc1)c1cc(F)ccc1F. The molecule has 1 amide bonds. The Morgan fingerprint density at radius 3 is 2.27 bits per heavy atom. The lowest BCUT2D eigenvalue weighted by atomic mass is 10.2. The average molecular weight is 380 g/mol. The first-order chi connectivity index (χ1) is 12.4. The van der Waals surface area contributed by atoms with Crippen LogP contribution in [0.3, 0.4) is 0 Å². The Hall–Kier alpha value is -2.32. The highest BCUT2D eigenvalue weighted by molar-refractivity contribution is 7.89. The monoisotopic (exact) mass is 380 g/mol. The Morgan fingerprint density at radius 2 is 1.62 bits per heavy atom. The van der Waals surface area contributed by atoms with Crippen molar-refractivity contribution in [1.29, 1.82) is 0 Å². The summed E-state index contributed by atoms with van der Waals surface area (Å²) in [6, 6.07) is 8.23. The van der Waals surface area contributed by atoms with Crippen molar-refractivity contribution in [2.45, 2.75) is 24.2 Å². The van der Waals surface area contributed by atoms with Gasteiger partial charge in [0, 0.05) is 18.8 Å². The molecule has 0 spiro atoms. The van der Waals surface area contributed by atoms with Gasteiger partial charge in [0.2, 0.25) is 10.0 Å². The Morgan fingerprint density at radius 1 is 0.962 bits per heavy atom. The molecule has 0 saturated carbocycles. The van der Waals surface area contributed by atoms with Crippen LogP contribution in [0, 0.1) is 11.6 Å². The summed E-state index contributed by atoms with van der Waals surface area (Å²) < 4.78 is 53.4. The van der Waals surface area contributed by atoms with Gasteiger partial charge in [-0.05, 0) is 55.3 Å². The third-order valence-electron chi connectivity index (χ3n) is 4.24. The summed E-state index contributed by atoms with van der Waals surface area (Å²) in [6.07, 6.45) is 2.70. The summed E-state index contributed by atoms with van der Waals surface area (Å²) in [5.41, 5.74) is -0.133. The average Bonchev–Trinajstić information content (AvgIpc) is 2.65. The lowest BCUT2D eigenvalue weighted by Crippen LogP contribution is -2.35. The molecule has 1 aliphatic rings. The number of nitrogens with one attached hydrogen (secondary N) is 1. The number of anilines is 1. The fourth-order valence-electron chi connectivity index (χ4n) is 2.83. The first-order valence-electron chi connectivity index (χ1n) is 8.24. The number of carbonyl (C=O) groups excluding carboxylic acids is 1. The van der Waals surface area contributed by atoms with Gasteiger partial charge in [-0.15, -0.1) is 0 Å². The largest absolute Gasteiger partial charge is 0.322 e. The quantitative estimate of drug-likeness (QED) is 0.884. The standard InChI is InChI=1S/C18H18F2N2O3S/c19-13-4-9-17(20)16(12-13)18(23)21-14-5-7-15(8-6-14)26(24,25)22-10-2-1-3-11-22/h4-9,12H,1-3,10-11H2,(H,21,23). The van der Waals surface area contributed by atoms with Crippen molar-refractivity contribution >= 4 is 21.6 Å². The zero-order chi connectivity index (χ0) is 18.7. The lowest BCUT2D eigenvalue weighted by Gasteiger charge is -2.25. The van der Waals surface area contributed by atoms with Crippen LogP contribution in [0.2, 0.25) is 0 Å². The lowest BCUT2D eigenvalue weighted by molar-refractivity contribution is 0.102. The number of benzene rings is 2. The Bertz CT molecular complexity index is 909. The normalized spacial score (nSPS) is 15.6. The van der Waals surface area contributed by atoms with Gasteiger partial charge in [0.25, 0.3) is 5.91 Å². The minimum absolute atomic E-state index is 0.134. The zero-order valence-corrected chi connectivity index (χ0v) is 14.7. The molecule has 0 aromatic heterocycles. The fourth-order valence-corrected chi connectivity index (χ4v) is 4.35. The first kappa shape index (κ1) is 18.5. The van der Waals surface area contributed by atoms with Crippen LogP contribution in [0.4, 0.5) is 14.5 Å². The number of halogens is 2. The van der Waals surface area contributed by atoms with Crippen LogP contribution in [-0.2, 0) is 10.0 Å². The molecule has 8 heteroatoms. The molecule has 2 aromatic rings. The predicted molar refractivity (Wildman–Crippen MR) is 93.4 cm³/mol. The Balaban J connectivity index is 1.75. The molecular formula is C18H18F2N2O3S. The van der Waals surface area contributed by atoms with Crippen LogP contribution < -0.4 is 5.32 Å². The highest BCUT2D eigenvalue weighted by Gasteiger charge is 2.25. The zero-order valence-electron chi connectivity index (χ0n) is 13.9. The fraction of sp³-hybridized carbons (Fsp3) is 0.278. The molecule has 0 bridgehead atoms. The smallest absolute Gasteiger partial charge is 0.258 e. The number of rotatable bonds is 4. The summed E-state index contributed by atoms with van der Waals surface area (Å²) >= 11 is 0. The van der Waals surface area contributed by atoms with Crippen LogP contribution in [0.1, 0.15) is 29.6 Å². The number of carbonyl (C=O) groups is 1. The van der Waals surface area contributed by atoms with Gasteiger partial charge in [0.05, 0.1) is 10.5 Å². The number of piperidine rings is 1. The number of hydrogen-bond acceptors (Lipinski definition) is 3. The summed E-state index contributed by atoms with van der Waals surface area (Å²) in [4.78, 5) is 12.2.